The van der Waals surface area contributed by atoms with Gasteiger partial charge in [-0.3, -0.25) is 4.79 Å². The number of benzene rings is 1. The number of carbonyl (C=O) groups is 2. The first-order valence-corrected chi connectivity index (χ1v) is 12.1. The van der Waals surface area contributed by atoms with E-state index < -0.39 is 33.9 Å². The largest absolute Gasteiger partial charge is 0.356 e. The molecule has 2 aliphatic carbocycles. The Kier molecular flexibility index (Phi) is 5.40. The van der Waals surface area contributed by atoms with Gasteiger partial charge < -0.3 is 9.47 Å². The standard InChI is InChI=1S/C21H27ClN2O6S/c1-20(2)13-9-11-21(20,12-10-13)18(25)23-16(29-3)17(30-4)24(19(23)26)31(27,28)15-7-5-14(22)6-8-15/h5-8,13,16-17H,9-12H2,1-4H3/t13?,16-,17-,21?/m1/s1. The Morgan fingerprint density at radius 1 is 1.06 bits per heavy atom. The number of hydrogen-bond acceptors (Lipinski definition) is 6. The van der Waals surface area contributed by atoms with E-state index in [0.717, 1.165) is 17.7 Å². The van der Waals surface area contributed by atoms with Crippen LogP contribution in [0.5, 0.6) is 0 Å². The molecule has 0 aromatic heterocycles. The topological polar surface area (TPSA) is 93.2 Å². The third-order valence-corrected chi connectivity index (χ3v) is 9.70. The number of urea groups is 1. The Morgan fingerprint density at radius 3 is 2.06 bits per heavy atom. The van der Waals surface area contributed by atoms with Crippen LogP contribution in [0.2, 0.25) is 5.02 Å². The monoisotopic (exact) mass is 470 g/mol. The van der Waals surface area contributed by atoms with Crippen molar-refractivity contribution in [3.63, 3.8) is 0 Å². The van der Waals surface area contributed by atoms with E-state index in [1.807, 2.05) is 0 Å². The third-order valence-electron chi connectivity index (χ3n) is 7.70. The Bertz CT molecular complexity index is 1000. The molecule has 2 atom stereocenters. The quantitative estimate of drug-likeness (QED) is 0.654. The molecule has 170 valence electrons. The molecule has 10 heteroatoms. The molecule has 3 amide bonds. The fourth-order valence-corrected chi connectivity index (χ4v) is 7.34. The minimum atomic E-state index is -4.32. The van der Waals surface area contributed by atoms with Gasteiger partial charge in [-0.15, -0.1) is 0 Å². The van der Waals surface area contributed by atoms with Crippen molar-refractivity contribution in [2.75, 3.05) is 14.2 Å². The summed E-state index contributed by atoms with van der Waals surface area (Å²) in [6.07, 6.45) is 0.686. The van der Waals surface area contributed by atoms with Crippen LogP contribution >= 0.6 is 11.6 Å². The van der Waals surface area contributed by atoms with Crippen LogP contribution in [0.4, 0.5) is 4.79 Å². The van der Waals surface area contributed by atoms with Gasteiger partial charge in [-0.05, 0) is 61.3 Å². The van der Waals surface area contributed by atoms with E-state index in [2.05, 4.69) is 13.8 Å². The van der Waals surface area contributed by atoms with Crippen LogP contribution in [0, 0.1) is 16.7 Å². The first-order valence-electron chi connectivity index (χ1n) is 10.3. The van der Waals surface area contributed by atoms with Gasteiger partial charge >= 0.3 is 6.03 Å². The molecule has 1 aromatic carbocycles. The van der Waals surface area contributed by atoms with E-state index in [9.17, 15) is 18.0 Å². The van der Waals surface area contributed by atoms with E-state index in [1.54, 1.807) is 0 Å². The van der Waals surface area contributed by atoms with Gasteiger partial charge in [0.05, 0.1) is 10.3 Å². The van der Waals surface area contributed by atoms with E-state index in [4.69, 9.17) is 21.1 Å². The van der Waals surface area contributed by atoms with Crippen molar-refractivity contribution in [2.45, 2.75) is 56.9 Å². The fourth-order valence-electron chi connectivity index (χ4n) is 5.75. The fraction of sp³-hybridized carbons (Fsp3) is 0.619. The van der Waals surface area contributed by atoms with E-state index >= 15 is 0 Å². The maximum atomic E-state index is 13.9. The van der Waals surface area contributed by atoms with Crippen LogP contribution in [-0.4, -0.2) is 56.2 Å². The van der Waals surface area contributed by atoms with Crippen molar-refractivity contribution in [3.05, 3.63) is 29.3 Å². The SMILES string of the molecule is CO[C@@H]1[C@@H](OC)N(S(=O)(=O)c2ccc(Cl)cc2)C(=O)N1C(=O)C12CCC(CC1)C2(C)C. The highest BCUT2D eigenvalue weighted by Gasteiger charge is 2.67. The number of rotatable bonds is 5. The van der Waals surface area contributed by atoms with Crippen molar-refractivity contribution in [1.82, 2.24) is 9.21 Å². The summed E-state index contributed by atoms with van der Waals surface area (Å²) in [4.78, 5) is 28.2. The van der Waals surface area contributed by atoms with Crippen LogP contribution in [0.25, 0.3) is 0 Å². The summed E-state index contributed by atoms with van der Waals surface area (Å²) >= 11 is 5.88. The lowest BCUT2D eigenvalue weighted by Gasteiger charge is -2.39. The number of amides is 3. The van der Waals surface area contributed by atoms with E-state index in [-0.39, 0.29) is 16.2 Å². The molecule has 1 heterocycles. The smallest absolute Gasteiger partial charge is 0.345 e. The van der Waals surface area contributed by atoms with Crippen molar-refractivity contribution in [1.29, 1.82) is 0 Å². The van der Waals surface area contributed by atoms with Crippen LogP contribution in [0.1, 0.15) is 39.5 Å². The highest BCUT2D eigenvalue weighted by atomic mass is 35.5. The van der Waals surface area contributed by atoms with Crippen LogP contribution in [0.15, 0.2) is 29.2 Å². The molecule has 0 radical (unpaired) electrons. The molecule has 0 N–H and O–H groups in total. The zero-order valence-corrected chi connectivity index (χ0v) is 19.6. The number of imide groups is 1. The Morgan fingerprint density at radius 2 is 1.61 bits per heavy atom. The van der Waals surface area contributed by atoms with Crippen molar-refractivity contribution >= 4 is 33.6 Å². The second-order valence-corrected chi connectivity index (χ2v) is 11.3. The van der Waals surface area contributed by atoms with Crippen LogP contribution in [0.3, 0.4) is 0 Å². The minimum Gasteiger partial charge on any atom is -0.356 e. The molecule has 2 saturated carbocycles. The minimum absolute atomic E-state index is 0.128. The van der Waals surface area contributed by atoms with Gasteiger partial charge in [0, 0.05) is 19.2 Å². The molecule has 8 nitrogen and oxygen atoms in total. The maximum Gasteiger partial charge on any atom is 0.345 e. The number of ether oxygens (including phenoxy) is 2. The lowest BCUT2D eigenvalue weighted by molar-refractivity contribution is -0.158. The number of hydrogen-bond donors (Lipinski definition) is 0. The summed E-state index contributed by atoms with van der Waals surface area (Å²) in [6.45, 7) is 4.13. The number of fused-ring (bicyclic) bond motifs is 2. The molecule has 3 aliphatic rings. The first-order chi connectivity index (χ1) is 14.5. The molecular formula is C21H27ClN2O6S. The average Bonchev–Trinajstić information content (AvgIpc) is 3.28. The predicted molar refractivity (Wildman–Crippen MR) is 112 cm³/mol. The molecule has 0 unspecified atom stereocenters. The van der Waals surface area contributed by atoms with Crippen molar-refractivity contribution in [2.24, 2.45) is 16.7 Å². The summed E-state index contributed by atoms with van der Waals surface area (Å²) < 4.78 is 38.1. The van der Waals surface area contributed by atoms with Gasteiger partial charge in [-0.1, -0.05) is 25.4 Å². The summed E-state index contributed by atoms with van der Waals surface area (Å²) in [5.41, 5.74) is -1.00. The van der Waals surface area contributed by atoms with E-state index in [1.165, 1.54) is 38.5 Å². The molecule has 3 fully saturated rings. The zero-order chi connectivity index (χ0) is 22.8. The molecule has 0 spiro atoms. The van der Waals surface area contributed by atoms with Crippen LogP contribution < -0.4 is 0 Å². The van der Waals surface area contributed by atoms with Gasteiger partial charge in [-0.25, -0.2) is 18.1 Å². The number of methoxy groups -OCH3 is 2. The Balaban J connectivity index is 1.76. The van der Waals surface area contributed by atoms with Crippen molar-refractivity contribution in [3.8, 4) is 0 Å². The van der Waals surface area contributed by atoms with Gasteiger partial charge in [0.15, 0.2) is 12.5 Å². The average molecular weight is 471 g/mol. The maximum absolute atomic E-state index is 13.9. The number of nitrogens with zero attached hydrogens (tertiary/aromatic N) is 2. The summed E-state index contributed by atoms with van der Waals surface area (Å²) in [7, 11) is -1.70. The summed E-state index contributed by atoms with van der Waals surface area (Å²) in [6, 6.07) is 4.51. The zero-order valence-electron chi connectivity index (χ0n) is 18.0. The van der Waals surface area contributed by atoms with E-state index in [0.29, 0.717) is 28.1 Å². The summed E-state index contributed by atoms with van der Waals surface area (Å²) in [5.74, 6) is 0.0208. The predicted octanol–water partition coefficient (Wildman–Crippen LogP) is 3.45. The normalized spacial score (nSPS) is 32.2. The highest BCUT2D eigenvalue weighted by Crippen LogP contribution is 2.66. The molecule has 1 saturated heterocycles. The lowest BCUT2D eigenvalue weighted by atomic mass is 9.68. The van der Waals surface area contributed by atoms with Gasteiger partial charge in [0.2, 0.25) is 5.91 Å². The highest BCUT2D eigenvalue weighted by molar-refractivity contribution is 7.89. The Hall–Kier alpha value is -1.68. The molecule has 31 heavy (non-hydrogen) atoms. The molecule has 1 aliphatic heterocycles. The molecule has 1 aromatic rings. The first kappa shape index (κ1) is 22.5. The second-order valence-electron chi connectivity index (χ2n) is 9.04. The van der Waals surface area contributed by atoms with Gasteiger partial charge in [0.25, 0.3) is 10.0 Å². The summed E-state index contributed by atoms with van der Waals surface area (Å²) in [5, 5.41) is 0.361. The molecule has 2 bridgehead atoms. The number of carbonyl (C=O) groups excluding carboxylic acids is 2. The lowest BCUT2D eigenvalue weighted by Crippen LogP contribution is -2.52. The van der Waals surface area contributed by atoms with Crippen LogP contribution in [-0.2, 0) is 24.3 Å². The molecular weight excluding hydrogens is 444 g/mol. The van der Waals surface area contributed by atoms with Gasteiger partial charge in [-0.2, -0.15) is 4.31 Å². The molecule has 4 rings (SSSR count). The third kappa shape index (κ3) is 2.97. The number of halogens is 1. The second kappa shape index (κ2) is 7.43. The number of sulfonamides is 1. The van der Waals surface area contributed by atoms with Gasteiger partial charge in [0.1, 0.15) is 0 Å². The Labute approximate surface area is 187 Å². The van der Waals surface area contributed by atoms with Crippen molar-refractivity contribution < 1.29 is 27.5 Å².